The number of hydrogen-bond acceptors (Lipinski definition) is 3. The lowest BCUT2D eigenvalue weighted by Gasteiger charge is -2.08. The number of carbonyl (C=O) groups excluding carboxylic acids is 1. The van der Waals surface area contributed by atoms with E-state index in [1.165, 1.54) is 0 Å². The molecule has 8 heteroatoms. The molecule has 5 nitrogen and oxygen atoms in total. The largest absolute Gasteiger partial charge is 0.416 e. The molecule has 0 saturated carbocycles. The van der Waals surface area contributed by atoms with Crippen LogP contribution in [0.2, 0.25) is 0 Å². The molecule has 4 N–H and O–H groups in total. The molecule has 0 aliphatic carbocycles. The highest BCUT2D eigenvalue weighted by Gasteiger charge is 2.29. The molecule has 0 aromatic heterocycles. The van der Waals surface area contributed by atoms with Crippen molar-refractivity contribution in [2.75, 3.05) is 5.32 Å². The first kappa shape index (κ1) is 13.8. The van der Waals surface area contributed by atoms with Gasteiger partial charge >= 0.3 is 6.18 Å². The van der Waals surface area contributed by atoms with Crippen molar-refractivity contribution in [2.45, 2.75) is 12.6 Å². The van der Waals surface area contributed by atoms with Crippen LogP contribution in [0.15, 0.2) is 29.4 Å². The summed E-state index contributed by atoms with van der Waals surface area (Å²) in [6, 6.07) is 3.93. The Balaban J connectivity index is 2.67. The van der Waals surface area contributed by atoms with Gasteiger partial charge in [-0.1, -0.05) is 5.16 Å². The minimum atomic E-state index is -4.42. The van der Waals surface area contributed by atoms with E-state index in [9.17, 15) is 18.0 Å². The van der Waals surface area contributed by atoms with Gasteiger partial charge in [0.1, 0.15) is 5.84 Å². The lowest BCUT2D eigenvalue weighted by molar-refractivity contribution is -0.137. The fraction of sp³-hybridized carbons (Fsp3) is 0.200. The number of alkyl halides is 3. The molecule has 0 bridgehead atoms. The second kappa shape index (κ2) is 5.39. The number of hydrogen-bond donors (Lipinski definition) is 3. The summed E-state index contributed by atoms with van der Waals surface area (Å²) in [5.41, 5.74) is 4.48. The minimum absolute atomic E-state index is 0.193. The van der Waals surface area contributed by atoms with Crippen molar-refractivity contribution in [3.05, 3.63) is 29.8 Å². The van der Waals surface area contributed by atoms with E-state index in [0.29, 0.717) is 0 Å². The summed E-state index contributed by atoms with van der Waals surface area (Å²) in [6.45, 7) is 0. The van der Waals surface area contributed by atoms with Gasteiger partial charge in [0.2, 0.25) is 5.91 Å². The number of oxime groups is 1. The van der Waals surface area contributed by atoms with E-state index in [-0.39, 0.29) is 17.9 Å². The maximum atomic E-state index is 12.3. The van der Waals surface area contributed by atoms with Gasteiger partial charge in [-0.25, -0.2) is 0 Å². The van der Waals surface area contributed by atoms with Crippen LogP contribution >= 0.6 is 0 Å². The Morgan fingerprint density at radius 3 is 2.33 bits per heavy atom. The average molecular weight is 261 g/mol. The molecule has 0 heterocycles. The number of anilines is 1. The molecule has 0 unspecified atom stereocenters. The molecule has 0 spiro atoms. The monoisotopic (exact) mass is 261 g/mol. The maximum absolute atomic E-state index is 12.3. The number of nitrogens with two attached hydrogens (primary N) is 1. The van der Waals surface area contributed by atoms with Crippen LogP contribution in [-0.2, 0) is 11.0 Å². The molecule has 1 aromatic carbocycles. The summed E-state index contributed by atoms with van der Waals surface area (Å²) in [5.74, 6) is -0.885. The molecule has 18 heavy (non-hydrogen) atoms. The minimum Gasteiger partial charge on any atom is -0.409 e. The van der Waals surface area contributed by atoms with Gasteiger partial charge in [0.15, 0.2) is 0 Å². The number of amides is 1. The van der Waals surface area contributed by atoms with Gasteiger partial charge in [-0.15, -0.1) is 0 Å². The smallest absolute Gasteiger partial charge is 0.409 e. The summed E-state index contributed by atoms with van der Waals surface area (Å²) in [5, 5.41) is 13.1. The van der Waals surface area contributed by atoms with E-state index in [1.807, 2.05) is 0 Å². The fourth-order valence-electron chi connectivity index (χ4n) is 1.15. The molecule has 0 atom stereocenters. The molecular weight excluding hydrogens is 251 g/mol. The van der Waals surface area contributed by atoms with Crippen molar-refractivity contribution in [2.24, 2.45) is 10.9 Å². The van der Waals surface area contributed by atoms with Gasteiger partial charge in [-0.2, -0.15) is 13.2 Å². The molecule has 0 fully saturated rings. The molecule has 0 saturated heterocycles. The van der Waals surface area contributed by atoms with Crippen molar-refractivity contribution in [1.29, 1.82) is 0 Å². The number of amidine groups is 1. The number of carbonyl (C=O) groups is 1. The van der Waals surface area contributed by atoms with Crippen molar-refractivity contribution in [3.8, 4) is 0 Å². The van der Waals surface area contributed by atoms with Crippen molar-refractivity contribution in [3.63, 3.8) is 0 Å². The van der Waals surface area contributed by atoms with E-state index < -0.39 is 17.6 Å². The highest BCUT2D eigenvalue weighted by Crippen LogP contribution is 2.29. The molecule has 0 aliphatic rings. The van der Waals surface area contributed by atoms with E-state index in [1.54, 1.807) is 0 Å². The number of nitrogens with zero attached hydrogens (tertiary/aromatic N) is 1. The molecule has 0 radical (unpaired) electrons. The van der Waals surface area contributed by atoms with Gasteiger partial charge in [0.25, 0.3) is 0 Å². The number of halogens is 3. The third-order valence-electron chi connectivity index (χ3n) is 1.97. The summed E-state index contributed by atoms with van der Waals surface area (Å²) in [7, 11) is 0. The van der Waals surface area contributed by atoms with Gasteiger partial charge < -0.3 is 16.3 Å². The van der Waals surface area contributed by atoms with Crippen LogP contribution in [0.1, 0.15) is 12.0 Å². The zero-order valence-corrected chi connectivity index (χ0v) is 9.03. The van der Waals surface area contributed by atoms with Crippen molar-refractivity contribution in [1.82, 2.24) is 0 Å². The van der Waals surface area contributed by atoms with Crippen LogP contribution in [0.3, 0.4) is 0 Å². The van der Waals surface area contributed by atoms with E-state index >= 15 is 0 Å². The SMILES string of the molecule is N/C(CC(=O)Nc1ccc(C(F)(F)F)cc1)=N\O. The molecule has 1 rings (SSSR count). The first-order valence-corrected chi connectivity index (χ1v) is 4.76. The third-order valence-corrected chi connectivity index (χ3v) is 1.97. The quantitative estimate of drug-likeness (QED) is 0.335. The summed E-state index contributed by atoms with van der Waals surface area (Å²) < 4.78 is 36.8. The predicted octanol–water partition coefficient (Wildman–Crippen LogP) is 1.78. The Morgan fingerprint density at radius 2 is 1.89 bits per heavy atom. The number of nitrogens with one attached hydrogen (secondary N) is 1. The fourth-order valence-corrected chi connectivity index (χ4v) is 1.15. The first-order chi connectivity index (χ1) is 8.32. The van der Waals surface area contributed by atoms with Crippen molar-refractivity contribution >= 4 is 17.4 Å². The Kier molecular flexibility index (Phi) is 4.13. The second-order valence-corrected chi connectivity index (χ2v) is 3.39. The number of rotatable bonds is 3. The second-order valence-electron chi connectivity index (χ2n) is 3.39. The number of benzene rings is 1. The van der Waals surface area contributed by atoms with Crippen molar-refractivity contribution < 1.29 is 23.2 Å². The molecular formula is C10H10F3N3O2. The normalized spacial score (nSPS) is 12.3. The van der Waals surface area contributed by atoms with E-state index in [2.05, 4.69) is 10.5 Å². The van der Waals surface area contributed by atoms with Crippen LogP contribution in [0.4, 0.5) is 18.9 Å². The zero-order chi connectivity index (χ0) is 13.8. The van der Waals surface area contributed by atoms with Crippen LogP contribution in [-0.4, -0.2) is 17.0 Å². The lowest BCUT2D eigenvalue weighted by atomic mass is 10.2. The summed E-state index contributed by atoms with van der Waals surface area (Å²) in [4.78, 5) is 11.3. The van der Waals surface area contributed by atoms with Crippen LogP contribution < -0.4 is 11.1 Å². The first-order valence-electron chi connectivity index (χ1n) is 4.76. The van der Waals surface area contributed by atoms with Gasteiger partial charge in [0, 0.05) is 5.69 Å². The van der Waals surface area contributed by atoms with Gasteiger partial charge in [-0.05, 0) is 24.3 Å². The topological polar surface area (TPSA) is 87.7 Å². The molecule has 1 aromatic rings. The maximum Gasteiger partial charge on any atom is 0.416 e. The Hall–Kier alpha value is -2.25. The molecule has 1 amide bonds. The summed E-state index contributed by atoms with van der Waals surface area (Å²) in [6.07, 6.45) is -4.77. The van der Waals surface area contributed by atoms with E-state index in [0.717, 1.165) is 24.3 Å². The summed E-state index contributed by atoms with van der Waals surface area (Å²) >= 11 is 0. The predicted molar refractivity (Wildman–Crippen MR) is 58.1 cm³/mol. The standard InChI is InChI=1S/C10H10F3N3O2/c11-10(12,13)6-1-3-7(4-2-6)15-9(17)5-8(14)16-18/h1-4,18H,5H2,(H2,14,16)(H,15,17). The Labute approximate surface area is 100 Å². The average Bonchev–Trinajstić information content (AvgIpc) is 2.28. The zero-order valence-electron chi connectivity index (χ0n) is 9.03. The highest BCUT2D eigenvalue weighted by molar-refractivity contribution is 6.04. The molecule has 98 valence electrons. The van der Waals surface area contributed by atoms with Crippen LogP contribution in [0.25, 0.3) is 0 Å². The van der Waals surface area contributed by atoms with E-state index in [4.69, 9.17) is 10.9 Å². The van der Waals surface area contributed by atoms with Gasteiger partial charge in [0.05, 0.1) is 12.0 Å². The Morgan fingerprint density at radius 1 is 1.33 bits per heavy atom. The van der Waals surface area contributed by atoms with Crippen LogP contribution in [0.5, 0.6) is 0 Å². The lowest BCUT2D eigenvalue weighted by Crippen LogP contribution is -2.22. The Bertz CT molecular complexity index is 454. The molecule has 0 aliphatic heterocycles. The third kappa shape index (κ3) is 3.96. The van der Waals surface area contributed by atoms with Crippen LogP contribution in [0, 0.1) is 0 Å². The highest BCUT2D eigenvalue weighted by atomic mass is 19.4. The van der Waals surface area contributed by atoms with Gasteiger partial charge in [-0.3, -0.25) is 4.79 Å².